The third kappa shape index (κ3) is 4.53. The van der Waals surface area contributed by atoms with Gasteiger partial charge in [0.15, 0.2) is 5.78 Å². The molecule has 4 rings (SSSR count). The number of amides is 1. The van der Waals surface area contributed by atoms with Crippen LogP contribution in [0, 0.1) is 12.8 Å². The molecule has 1 N–H and O–H groups in total. The Morgan fingerprint density at radius 2 is 1.94 bits per heavy atom. The van der Waals surface area contributed by atoms with Crippen LogP contribution in [0.25, 0.3) is 5.52 Å². The van der Waals surface area contributed by atoms with Crippen molar-refractivity contribution in [2.24, 2.45) is 5.92 Å². The Labute approximate surface area is 184 Å². The van der Waals surface area contributed by atoms with Crippen LogP contribution in [0.4, 0.5) is 0 Å². The van der Waals surface area contributed by atoms with Gasteiger partial charge in [-0.05, 0) is 44.4 Å². The SMILES string of the molecule is COc1ccc(C(=O)C2CCN(C(=O)CCCc3nn4c(C)ccc4c(=O)[nH]3)CC2)nn1. The van der Waals surface area contributed by atoms with Gasteiger partial charge < -0.3 is 14.6 Å². The highest BCUT2D eigenvalue weighted by Crippen LogP contribution is 2.22. The summed E-state index contributed by atoms with van der Waals surface area (Å²) in [6, 6.07) is 6.83. The maximum atomic E-state index is 12.6. The van der Waals surface area contributed by atoms with Crippen LogP contribution >= 0.6 is 0 Å². The van der Waals surface area contributed by atoms with Gasteiger partial charge in [-0.2, -0.15) is 5.10 Å². The van der Waals surface area contributed by atoms with Crippen LogP contribution in [-0.2, 0) is 11.2 Å². The van der Waals surface area contributed by atoms with Gasteiger partial charge in [-0.3, -0.25) is 14.4 Å². The summed E-state index contributed by atoms with van der Waals surface area (Å²) in [6.07, 6.45) is 2.69. The van der Waals surface area contributed by atoms with Crippen LogP contribution in [-0.4, -0.2) is 61.6 Å². The lowest BCUT2D eigenvalue weighted by molar-refractivity contribution is -0.132. The minimum atomic E-state index is -0.178. The van der Waals surface area contributed by atoms with E-state index in [1.807, 2.05) is 13.0 Å². The number of fused-ring (bicyclic) bond motifs is 1. The number of ether oxygens (including phenoxy) is 1. The fourth-order valence-corrected chi connectivity index (χ4v) is 4.01. The Morgan fingerprint density at radius 1 is 1.16 bits per heavy atom. The average Bonchev–Trinajstić information content (AvgIpc) is 3.20. The van der Waals surface area contributed by atoms with Gasteiger partial charge in [0, 0.05) is 43.6 Å². The van der Waals surface area contributed by atoms with Crippen molar-refractivity contribution in [3.8, 4) is 5.88 Å². The lowest BCUT2D eigenvalue weighted by atomic mass is 9.90. The van der Waals surface area contributed by atoms with E-state index in [9.17, 15) is 14.4 Å². The highest BCUT2D eigenvalue weighted by Gasteiger charge is 2.28. The number of nitrogens with one attached hydrogen (secondary N) is 1. The molecule has 0 radical (unpaired) electrons. The lowest BCUT2D eigenvalue weighted by Crippen LogP contribution is -2.40. The number of aromatic amines is 1. The number of nitrogens with zero attached hydrogens (tertiary/aromatic N) is 5. The second-order valence-electron chi connectivity index (χ2n) is 8.01. The minimum absolute atomic E-state index is 0.0435. The van der Waals surface area contributed by atoms with Crippen LogP contribution in [0.1, 0.15) is 47.7 Å². The normalized spacial score (nSPS) is 14.6. The Hall–Kier alpha value is -3.56. The molecule has 10 nitrogen and oxygen atoms in total. The summed E-state index contributed by atoms with van der Waals surface area (Å²) < 4.78 is 6.60. The summed E-state index contributed by atoms with van der Waals surface area (Å²) in [5.74, 6) is 0.787. The molecule has 0 atom stereocenters. The number of hydrogen-bond acceptors (Lipinski definition) is 7. The molecule has 32 heavy (non-hydrogen) atoms. The van der Waals surface area contributed by atoms with E-state index in [1.165, 1.54) is 7.11 Å². The molecule has 0 aliphatic carbocycles. The Morgan fingerprint density at radius 3 is 2.62 bits per heavy atom. The van der Waals surface area contributed by atoms with Crippen LogP contribution in [0.3, 0.4) is 0 Å². The second-order valence-corrected chi connectivity index (χ2v) is 8.01. The number of ketones is 1. The Kier molecular flexibility index (Phi) is 6.29. The molecule has 0 spiro atoms. The van der Waals surface area contributed by atoms with Crippen molar-refractivity contribution in [1.82, 2.24) is 29.7 Å². The van der Waals surface area contributed by atoms with Crippen molar-refractivity contribution in [2.45, 2.75) is 39.0 Å². The molecule has 0 unspecified atom stereocenters. The van der Waals surface area contributed by atoms with Crippen LogP contribution in [0.2, 0.25) is 0 Å². The third-order valence-electron chi connectivity index (χ3n) is 5.88. The monoisotopic (exact) mass is 438 g/mol. The molecule has 1 saturated heterocycles. The van der Waals surface area contributed by atoms with E-state index in [2.05, 4.69) is 20.3 Å². The van der Waals surface area contributed by atoms with Gasteiger partial charge in [0.05, 0.1) is 7.11 Å². The zero-order chi connectivity index (χ0) is 22.7. The fourth-order valence-electron chi connectivity index (χ4n) is 4.01. The molecule has 1 amide bonds. The van der Waals surface area contributed by atoms with Gasteiger partial charge in [0.2, 0.25) is 11.8 Å². The minimum Gasteiger partial charge on any atom is -0.480 e. The van der Waals surface area contributed by atoms with E-state index in [4.69, 9.17) is 4.74 Å². The van der Waals surface area contributed by atoms with Gasteiger partial charge in [-0.1, -0.05) is 0 Å². The van der Waals surface area contributed by atoms with Crippen molar-refractivity contribution in [3.05, 3.63) is 51.8 Å². The molecule has 3 aromatic rings. The van der Waals surface area contributed by atoms with Gasteiger partial charge >= 0.3 is 0 Å². The number of carbonyl (C=O) groups is 2. The Balaban J connectivity index is 1.26. The van der Waals surface area contributed by atoms with E-state index in [-0.39, 0.29) is 23.2 Å². The molecular formula is C22H26N6O4. The van der Waals surface area contributed by atoms with E-state index in [0.717, 1.165) is 5.69 Å². The zero-order valence-corrected chi connectivity index (χ0v) is 18.2. The molecule has 4 heterocycles. The summed E-state index contributed by atoms with van der Waals surface area (Å²) in [6.45, 7) is 2.98. The predicted octanol–water partition coefficient (Wildman–Crippen LogP) is 1.57. The summed E-state index contributed by atoms with van der Waals surface area (Å²) in [4.78, 5) is 42.0. The smallest absolute Gasteiger partial charge is 0.275 e. The number of aryl methyl sites for hydroxylation is 2. The zero-order valence-electron chi connectivity index (χ0n) is 18.2. The summed E-state index contributed by atoms with van der Waals surface area (Å²) in [5, 5.41) is 12.2. The van der Waals surface area contributed by atoms with Crippen molar-refractivity contribution in [1.29, 1.82) is 0 Å². The number of H-pyrrole nitrogens is 1. The molecule has 10 heteroatoms. The van der Waals surface area contributed by atoms with E-state index >= 15 is 0 Å². The topological polar surface area (TPSA) is 123 Å². The van der Waals surface area contributed by atoms with Gasteiger partial charge in [0.1, 0.15) is 17.0 Å². The fraction of sp³-hybridized carbons (Fsp3) is 0.455. The van der Waals surface area contributed by atoms with E-state index in [0.29, 0.717) is 68.1 Å². The van der Waals surface area contributed by atoms with Crippen molar-refractivity contribution in [3.63, 3.8) is 0 Å². The molecule has 0 aromatic carbocycles. The van der Waals surface area contributed by atoms with Crippen LogP contribution < -0.4 is 10.3 Å². The number of likely N-dealkylation sites (tertiary alicyclic amines) is 1. The summed E-state index contributed by atoms with van der Waals surface area (Å²) in [5.41, 5.74) is 1.55. The molecule has 3 aromatic heterocycles. The number of carbonyl (C=O) groups excluding carboxylic acids is 2. The largest absolute Gasteiger partial charge is 0.480 e. The van der Waals surface area contributed by atoms with Crippen molar-refractivity contribution >= 4 is 17.2 Å². The van der Waals surface area contributed by atoms with Crippen LogP contribution in [0.15, 0.2) is 29.1 Å². The first-order valence-corrected chi connectivity index (χ1v) is 10.7. The molecule has 0 bridgehead atoms. The number of piperidine rings is 1. The van der Waals surface area contributed by atoms with Crippen LogP contribution in [0.5, 0.6) is 5.88 Å². The number of Topliss-reactive ketones (excluding diaryl/α,β-unsaturated/α-hetero) is 1. The molecule has 168 valence electrons. The third-order valence-corrected chi connectivity index (χ3v) is 5.88. The first kappa shape index (κ1) is 21.7. The predicted molar refractivity (Wildman–Crippen MR) is 116 cm³/mol. The van der Waals surface area contributed by atoms with Gasteiger partial charge in [0.25, 0.3) is 5.56 Å². The van der Waals surface area contributed by atoms with Gasteiger partial charge in [-0.15, -0.1) is 10.2 Å². The Bertz CT molecular complexity index is 1180. The number of aromatic nitrogens is 5. The molecule has 1 fully saturated rings. The number of methoxy groups -OCH3 is 1. The first-order valence-electron chi connectivity index (χ1n) is 10.7. The maximum Gasteiger partial charge on any atom is 0.275 e. The van der Waals surface area contributed by atoms with E-state index in [1.54, 1.807) is 27.6 Å². The highest BCUT2D eigenvalue weighted by molar-refractivity contribution is 5.96. The standard InChI is InChI=1S/C22H26N6O4/c1-14-6-8-17-22(31)23-18(26-28(14)17)4-3-5-20(29)27-12-10-15(11-13-27)21(30)16-7-9-19(32-2)25-24-16/h6-9,15H,3-5,10-13H2,1-2H3,(H,23,26,31). The average molecular weight is 438 g/mol. The first-order chi connectivity index (χ1) is 15.5. The quantitative estimate of drug-likeness (QED) is 0.556. The molecular weight excluding hydrogens is 412 g/mol. The molecule has 0 saturated carbocycles. The highest BCUT2D eigenvalue weighted by atomic mass is 16.5. The lowest BCUT2D eigenvalue weighted by Gasteiger charge is -2.31. The van der Waals surface area contributed by atoms with Crippen molar-refractivity contribution < 1.29 is 14.3 Å². The summed E-state index contributed by atoms with van der Waals surface area (Å²) >= 11 is 0. The maximum absolute atomic E-state index is 12.6. The van der Waals surface area contributed by atoms with Crippen molar-refractivity contribution in [2.75, 3.05) is 20.2 Å². The number of rotatable bonds is 7. The number of hydrogen-bond donors (Lipinski definition) is 1. The summed E-state index contributed by atoms with van der Waals surface area (Å²) in [7, 11) is 1.50. The van der Waals surface area contributed by atoms with Gasteiger partial charge in [-0.25, -0.2) is 4.52 Å². The molecule has 1 aliphatic heterocycles. The second kappa shape index (κ2) is 9.29. The van der Waals surface area contributed by atoms with E-state index < -0.39 is 0 Å². The molecule has 1 aliphatic rings.